The van der Waals surface area contributed by atoms with Crippen LogP contribution in [-0.2, 0) is 0 Å². The van der Waals surface area contributed by atoms with Crippen LogP contribution in [-0.4, -0.2) is 9.97 Å². The van der Waals surface area contributed by atoms with Gasteiger partial charge in [-0.15, -0.1) is 0 Å². The molecular weight excluding hydrogens is 250 g/mol. The van der Waals surface area contributed by atoms with Crippen molar-refractivity contribution in [3.05, 3.63) is 20.7 Å². The van der Waals surface area contributed by atoms with E-state index in [-0.39, 0.29) is 0 Å². The second kappa shape index (κ2) is 2.79. The van der Waals surface area contributed by atoms with Crippen molar-refractivity contribution in [1.29, 1.82) is 0 Å². The third kappa shape index (κ3) is 1.52. The summed E-state index contributed by atoms with van der Waals surface area (Å²) < 4.78 is 0.928. The second-order valence-corrected chi connectivity index (χ2v) is 3.00. The Bertz CT molecular complexity index is 206. The summed E-state index contributed by atoms with van der Waals surface area (Å²) in [5, 5.41) is 0.531. The molecule has 0 aliphatic rings. The zero-order chi connectivity index (χ0) is 6.85. The van der Waals surface area contributed by atoms with Gasteiger partial charge in [-0.05, 0) is 29.5 Å². The summed E-state index contributed by atoms with van der Waals surface area (Å²) in [7, 11) is 0. The molecule has 9 heavy (non-hydrogen) atoms. The van der Waals surface area contributed by atoms with E-state index in [0.717, 1.165) is 9.26 Å². The molecule has 0 amide bonds. The molecule has 0 fully saturated rings. The van der Waals surface area contributed by atoms with E-state index in [1.54, 1.807) is 0 Å². The van der Waals surface area contributed by atoms with Crippen LogP contribution in [0.25, 0.3) is 0 Å². The molecule has 0 N–H and O–H groups in total. The van der Waals surface area contributed by atoms with Crippen LogP contribution in [0.5, 0.6) is 0 Å². The summed E-state index contributed by atoms with van der Waals surface area (Å²) in [4.78, 5) is 7.72. The fourth-order valence-corrected chi connectivity index (χ4v) is 0.888. The van der Waals surface area contributed by atoms with Gasteiger partial charge in [0.05, 0.1) is 9.26 Å². The Labute approximate surface area is 71.8 Å². The topological polar surface area (TPSA) is 25.8 Å². The van der Waals surface area contributed by atoms with Crippen molar-refractivity contribution < 1.29 is 0 Å². The minimum Gasteiger partial charge on any atom is -0.240 e. The molecule has 1 heterocycles. The first-order valence-corrected chi connectivity index (χ1v) is 3.80. The third-order valence-electron chi connectivity index (χ3n) is 0.921. The van der Waals surface area contributed by atoms with E-state index >= 15 is 0 Å². The molecule has 0 aliphatic carbocycles. The lowest BCUT2D eigenvalue weighted by molar-refractivity contribution is 1.08. The summed E-state index contributed by atoms with van der Waals surface area (Å²) >= 11 is 7.77. The number of hydrogen-bond donors (Lipinski definition) is 0. The van der Waals surface area contributed by atoms with Gasteiger partial charge in [0, 0.05) is 0 Å². The Kier molecular flexibility index (Phi) is 2.23. The molecule has 0 aliphatic heterocycles. The minimum atomic E-state index is 0.531. The Hall–Kier alpha value is 0.100. The average Bonchev–Trinajstić information content (AvgIpc) is 1.83. The van der Waals surface area contributed by atoms with E-state index in [9.17, 15) is 0 Å². The van der Waals surface area contributed by atoms with Crippen molar-refractivity contribution in [3.63, 3.8) is 0 Å². The zero-order valence-corrected chi connectivity index (χ0v) is 7.64. The van der Waals surface area contributed by atoms with Crippen LogP contribution in [0, 0.1) is 10.5 Å². The third-order valence-corrected chi connectivity index (χ3v) is 2.82. The molecule has 0 spiro atoms. The van der Waals surface area contributed by atoms with Crippen molar-refractivity contribution in [2.24, 2.45) is 0 Å². The summed E-state index contributed by atoms with van der Waals surface area (Å²) in [6.07, 6.45) is 1.46. The predicted octanol–water partition coefficient (Wildman–Crippen LogP) is 2.04. The molecule has 4 heteroatoms. The molecule has 1 aromatic heterocycles. The normalized spacial score (nSPS) is 9.67. The van der Waals surface area contributed by atoms with E-state index < -0.39 is 0 Å². The van der Waals surface area contributed by atoms with Crippen LogP contribution in [0.2, 0.25) is 5.15 Å². The Morgan fingerprint density at radius 2 is 2.22 bits per heavy atom. The Balaban J connectivity index is 3.25. The molecule has 0 atom stereocenters. The summed E-state index contributed by atoms with van der Waals surface area (Å²) in [5.41, 5.74) is 0.926. The summed E-state index contributed by atoms with van der Waals surface area (Å²) in [6.45, 7) is 1.90. The first-order chi connectivity index (χ1) is 4.22. The molecule has 0 aromatic carbocycles. The highest BCUT2D eigenvalue weighted by atomic mass is 127. The maximum Gasteiger partial charge on any atom is 0.146 e. The van der Waals surface area contributed by atoms with Crippen LogP contribution in [0.1, 0.15) is 5.69 Å². The minimum absolute atomic E-state index is 0.531. The zero-order valence-electron chi connectivity index (χ0n) is 4.73. The van der Waals surface area contributed by atoms with Crippen molar-refractivity contribution >= 4 is 34.2 Å². The van der Waals surface area contributed by atoms with Gasteiger partial charge in [0.1, 0.15) is 11.5 Å². The van der Waals surface area contributed by atoms with E-state index in [1.807, 2.05) is 6.92 Å². The average molecular weight is 254 g/mol. The molecule has 0 bridgehead atoms. The fraction of sp³-hybridized carbons (Fsp3) is 0.200. The van der Waals surface area contributed by atoms with Gasteiger partial charge in [-0.1, -0.05) is 11.6 Å². The standard InChI is InChI=1S/C5H4ClIN2/c1-3-4(7)5(6)9-2-8-3/h2H,1H3. The van der Waals surface area contributed by atoms with Crippen LogP contribution >= 0.6 is 34.2 Å². The number of rotatable bonds is 0. The van der Waals surface area contributed by atoms with Crippen LogP contribution < -0.4 is 0 Å². The summed E-state index contributed by atoms with van der Waals surface area (Å²) in [5.74, 6) is 0. The van der Waals surface area contributed by atoms with Gasteiger partial charge < -0.3 is 0 Å². The van der Waals surface area contributed by atoms with E-state index in [4.69, 9.17) is 11.6 Å². The molecule has 0 unspecified atom stereocenters. The molecule has 0 radical (unpaired) electrons. The lowest BCUT2D eigenvalue weighted by Crippen LogP contribution is -1.88. The Morgan fingerprint density at radius 1 is 1.56 bits per heavy atom. The maximum atomic E-state index is 5.66. The molecule has 48 valence electrons. The monoisotopic (exact) mass is 254 g/mol. The molecule has 1 aromatic rings. The first-order valence-electron chi connectivity index (χ1n) is 2.34. The Morgan fingerprint density at radius 3 is 2.67 bits per heavy atom. The highest BCUT2D eigenvalue weighted by Gasteiger charge is 1.99. The predicted molar refractivity (Wildman–Crippen MR) is 44.5 cm³/mol. The maximum absolute atomic E-state index is 5.66. The smallest absolute Gasteiger partial charge is 0.146 e. The lowest BCUT2D eigenvalue weighted by Gasteiger charge is -1.94. The van der Waals surface area contributed by atoms with Gasteiger partial charge in [0.25, 0.3) is 0 Å². The second-order valence-electron chi connectivity index (χ2n) is 1.56. The lowest BCUT2D eigenvalue weighted by atomic mass is 10.5. The van der Waals surface area contributed by atoms with Crippen molar-refractivity contribution in [2.75, 3.05) is 0 Å². The number of nitrogens with zero attached hydrogens (tertiary/aromatic N) is 2. The molecule has 0 saturated heterocycles. The quantitative estimate of drug-likeness (QED) is 0.523. The summed E-state index contributed by atoms with van der Waals surface area (Å²) in [6, 6.07) is 0. The van der Waals surface area contributed by atoms with Gasteiger partial charge in [-0.2, -0.15) is 0 Å². The SMILES string of the molecule is Cc1ncnc(Cl)c1I. The van der Waals surface area contributed by atoms with Gasteiger partial charge in [0.2, 0.25) is 0 Å². The highest BCUT2D eigenvalue weighted by Crippen LogP contribution is 2.15. The van der Waals surface area contributed by atoms with Gasteiger partial charge >= 0.3 is 0 Å². The highest BCUT2D eigenvalue weighted by molar-refractivity contribution is 14.1. The van der Waals surface area contributed by atoms with Gasteiger partial charge in [-0.3, -0.25) is 0 Å². The van der Waals surface area contributed by atoms with Crippen LogP contribution in [0.15, 0.2) is 6.33 Å². The number of halogens is 2. The number of aromatic nitrogens is 2. The van der Waals surface area contributed by atoms with Crippen molar-refractivity contribution in [3.8, 4) is 0 Å². The number of aryl methyl sites for hydroxylation is 1. The van der Waals surface area contributed by atoms with E-state index in [0.29, 0.717) is 5.15 Å². The van der Waals surface area contributed by atoms with Gasteiger partial charge in [-0.25, -0.2) is 9.97 Å². The fourth-order valence-electron chi connectivity index (χ4n) is 0.429. The van der Waals surface area contributed by atoms with E-state index in [1.165, 1.54) is 6.33 Å². The largest absolute Gasteiger partial charge is 0.240 e. The van der Waals surface area contributed by atoms with Crippen molar-refractivity contribution in [1.82, 2.24) is 9.97 Å². The molecule has 0 saturated carbocycles. The van der Waals surface area contributed by atoms with Gasteiger partial charge in [0.15, 0.2) is 0 Å². The first kappa shape index (κ1) is 7.21. The molecular formula is C5H4ClIN2. The molecule has 1 rings (SSSR count). The van der Waals surface area contributed by atoms with Crippen LogP contribution in [0.3, 0.4) is 0 Å². The molecule has 2 nitrogen and oxygen atoms in total. The number of hydrogen-bond acceptors (Lipinski definition) is 2. The van der Waals surface area contributed by atoms with Crippen LogP contribution in [0.4, 0.5) is 0 Å². The van der Waals surface area contributed by atoms with Crippen molar-refractivity contribution in [2.45, 2.75) is 6.92 Å². The van der Waals surface area contributed by atoms with E-state index in [2.05, 4.69) is 32.6 Å².